The van der Waals surface area contributed by atoms with Gasteiger partial charge >= 0.3 is 7.75 Å². The Labute approximate surface area is 195 Å². The van der Waals surface area contributed by atoms with Crippen LogP contribution >= 0.6 is 7.75 Å². The number of rotatable bonds is 10. The van der Waals surface area contributed by atoms with Crippen LogP contribution in [0.5, 0.6) is 0 Å². The number of hydrogen-bond acceptors (Lipinski definition) is 9. The Kier molecular flexibility index (Phi) is 7.35. The molecule has 3 aromatic rings. The van der Waals surface area contributed by atoms with Crippen LogP contribution in [0.3, 0.4) is 0 Å². The van der Waals surface area contributed by atoms with E-state index in [4.69, 9.17) is 15.1 Å². The monoisotopic (exact) mass is 487 g/mol. The molecule has 0 radical (unpaired) electrons. The van der Waals surface area contributed by atoms with Crippen molar-refractivity contribution in [3.05, 3.63) is 60.7 Å². The number of hydroxylamine groups is 1. The molecular formula is C21H26N7O5P. The van der Waals surface area contributed by atoms with Crippen molar-refractivity contribution in [1.82, 2.24) is 30.1 Å². The number of fused-ring (bicyclic) bond motifs is 1. The Morgan fingerprint density at radius 3 is 2.88 bits per heavy atom. The van der Waals surface area contributed by atoms with Gasteiger partial charge in [0.1, 0.15) is 17.9 Å². The van der Waals surface area contributed by atoms with Crippen molar-refractivity contribution in [3.63, 3.8) is 0 Å². The molecule has 2 aromatic heterocycles. The predicted octanol–water partition coefficient (Wildman–Crippen LogP) is 1.87. The van der Waals surface area contributed by atoms with E-state index in [2.05, 4.69) is 20.4 Å². The summed E-state index contributed by atoms with van der Waals surface area (Å²) in [6.07, 6.45) is 7.46. The van der Waals surface area contributed by atoms with Gasteiger partial charge in [-0.3, -0.25) is 19.2 Å². The molecule has 180 valence electrons. The van der Waals surface area contributed by atoms with Crippen LogP contribution < -0.4 is 16.3 Å². The zero-order chi connectivity index (χ0) is 24.1. The molecule has 5 N–H and O–H groups in total. The first-order valence-electron chi connectivity index (χ1n) is 10.6. The van der Waals surface area contributed by atoms with Crippen molar-refractivity contribution in [2.75, 3.05) is 12.3 Å². The number of anilines is 1. The maximum absolute atomic E-state index is 12.4. The van der Waals surface area contributed by atoms with Crippen molar-refractivity contribution < 1.29 is 23.6 Å². The average molecular weight is 487 g/mol. The number of aromatic nitrogens is 4. The first kappa shape index (κ1) is 24.0. The topological polar surface area (TPSA) is 167 Å². The maximum Gasteiger partial charge on any atom is 0.432 e. The lowest BCUT2D eigenvalue weighted by Crippen LogP contribution is -2.41. The van der Waals surface area contributed by atoms with Crippen molar-refractivity contribution >= 4 is 30.6 Å². The Balaban J connectivity index is 1.23. The molecule has 12 nitrogen and oxygen atoms in total. The van der Waals surface area contributed by atoms with E-state index in [9.17, 15) is 14.3 Å². The number of carbonyl (C=O) groups excluding carboxylic acids is 1. The molecule has 0 bridgehead atoms. The fourth-order valence-electron chi connectivity index (χ4n) is 3.54. The third-order valence-corrected chi connectivity index (χ3v) is 6.35. The normalized spacial score (nSPS) is 20.3. The van der Waals surface area contributed by atoms with Gasteiger partial charge in [0.15, 0.2) is 11.5 Å². The highest BCUT2D eigenvalue weighted by atomic mass is 31.2. The second-order valence-corrected chi connectivity index (χ2v) is 9.46. The second-order valence-electron chi connectivity index (χ2n) is 7.94. The molecule has 0 saturated carbocycles. The Morgan fingerprint density at radius 2 is 2.09 bits per heavy atom. The van der Waals surface area contributed by atoms with E-state index >= 15 is 0 Å². The summed E-state index contributed by atoms with van der Waals surface area (Å²) in [5, 5.41) is 2.04. The lowest BCUT2D eigenvalue weighted by molar-refractivity contribution is -0.125. The molecule has 0 aliphatic heterocycles. The van der Waals surface area contributed by atoms with Crippen LogP contribution in [0.4, 0.5) is 5.82 Å². The molecule has 0 saturated heterocycles. The lowest BCUT2D eigenvalue weighted by Gasteiger charge is -2.19. The summed E-state index contributed by atoms with van der Waals surface area (Å²) in [7, 11) is -4.36. The van der Waals surface area contributed by atoms with Gasteiger partial charge in [0.2, 0.25) is 5.91 Å². The Bertz CT molecular complexity index is 1220. The van der Waals surface area contributed by atoms with Crippen LogP contribution in [0.1, 0.15) is 24.9 Å². The SMILES string of the molecule is C[C@H](NOCc1ccccc1)C(=O)NP(=O)(O)OCC1C=CC(n2cnc3c(N)ncnc32)C1. The standard InChI is InChI=1S/C21H26N7O5P/c1-14(26-32-10-15-5-3-2-4-6-15)21(29)27-34(30,31)33-11-16-7-8-17(9-16)28-13-25-18-19(22)23-12-24-20(18)28/h2-8,12-14,16-17,26H,9-11H2,1H3,(H2,22,23,24)(H2,27,29,30,31)/t14-,16?,17?/m0/s1. The highest BCUT2D eigenvalue weighted by Gasteiger charge is 2.29. The number of allylic oxidation sites excluding steroid dienone is 1. The number of nitrogen functional groups attached to an aromatic ring is 1. The summed E-state index contributed by atoms with van der Waals surface area (Å²) < 4.78 is 19.4. The minimum atomic E-state index is -4.36. The third kappa shape index (κ3) is 5.85. The molecule has 4 rings (SSSR count). The van der Waals surface area contributed by atoms with Gasteiger partial charge in [-0.2, -0.15) is 5.48 Å². The van der Waals surface area contributed by atoms with Gasteiger partial charge in [-0.1, -0.05) is 42.5 Å². The molecule has 1 aromatic carbocycles. The maximum atomic E-state index is 12.4. The number of hydrogen-bond donors (Lipinski definition) is 4. The van der Waals surface area contributed by atoms with Gasteiger partial charge in [0, 0.05) is 5.92 Å². The number of amides is 1. The van der Waals surface area contributed by atoms with E-state index in [0.29, 0.717) is 23.4 Å². The smallest absolute Gasteiger partial charge is 0.382 e. The minimum Gasteiger partial charge on any atom is -0.382 e. The number of nitrogens with one attached hydrogen (secondary N) is 2. The van der Waals surface area contributed by atoms with E-state index in [1.165, 1.54) is 13.3 Å². The van der Waals surface area contributed by atoms with Crippen molar-refractivity contribution in [3.8, 4) is 0 Å². The summed E-state index contributed by atoms with van der Waals surface area (Å²) in [4.78, 5) is 40.0. The van der Waals surface area contributed by atoms with Crippen LogP contribution in [0.15, 0.2) is 55.1 Å². The van der Waals surface area contributed by atoms with E-state index < -0.39 is 19.7 Å². The molecule has 34 heavy (non-hydrogen) atoms. The van der Waals surface area contributed by atoms with Crippen molar-refractivity contribution in [1.29, 1.82) is 0 Å². The van der Waals surface area contributed by atoms with Crippen molar-refractivity contribution in [2.45, 2.75) is 32.0 Å². The molecule has 0 spiro atoms. The fourth-order valence-corrected chi connectivity index (χ4v) is 4.47. The van der Waals surface area contributed by atoms with Gasteiger partial charge in [0.25, 0.3) is 0 Å². The van der Waals surface area contributed by atoms with Gasteiger partial charge in [-0.25, -0.2) is 19.5 Å². The minimum absolute atomic E-state index is 0.0445. The highest BCUT2D eigenvalue weighted by Crippen LogP contribution is 2.39. The third-order valence-electron chi connectivity index (χ3n) is 5.34. The summed E-state index contributed by atoms with van der Waals surface area (Å²) >= 11 is 0. The van der Waals surface area contributed by atoms with Gasteiger partial charge in [-0.05, 0) is 18.9 Å². The summed E-state index contributed by atoms with van der Waals surface area (Å²) in [5.74, 6) is -0.554. The van der Waals surface area contributed by atoms with Gasteiger partial charge in [-0.15, -0.1) is 0 Å². The highest BCUT2D eigenvalue weighted by molar-refractivity contribution is 7.51. The molecule has 3 unspecified atom stereocenters. The second kappa shape index (κ2) is 10.4. The number of benzene rings is 1. The molecule has 1 aliphatic carbocycles. The van der Waals surface area contributed by atoms with Gasteiger partial charge < -0.3 is 15.2 Å². The van der Waals surface area contributed by atoms with E-state index in [-0.39, 0.29) is 25.2 Å². The molecule has 2 heterocycles. The molecule has 13 heteroatoms. The fraction of sp³-hybridized carbons (Fsp3) is 0.333. The average Bonchev–Trinajstić information content (AvgIpc) is 3.46. The zero-order valence-corrected chi connectivity index (χ0v) is 19.3. The largest absolute Gasteiger partial charge is 0.432 e. The number of nitrogens with two attached hydrogens (primary N) is 1. The molecular weight excluding hydrogens is 461 g/mol. The zero-order valence-electron chi connectivity index (χ0n) is 18.4. The first-order chi connectivity index (χ1) is 16.3. The van der Waals surface area contributed by atoms with E-state index in [0.717, 1.165) is 5.56 Å². The molecule has 0 fully saturated rings. The van der Waals surface area contributed by atoms with Crippen molar-refractivity contribution in [2.24, 2.45) is 5.92 Å². The van der Waals surface area contributed by atoms with Crippen LogP contribution in [0.25, 0.3) is 11.2 Å². The predicted molar refractivity (Wildman–Crippen MR) is 124 cm³/mol. The summed E-state index contributed by atoms with van der Waals surface area (Å²) in [6.45, 7) is 1.71. The van der Waals surface area contributed by atoms with Crippen LogP contribution in [0, 0.1) is 5.92 Å². The van der Waals surface area contributed by atoms with Gasteiger partial charge in [0.05, 0.1) is 25.6 Å². The van der Waals surface area contributed by atoms with E-state index in [1.54, 1.807) is 6.33 Å². The van der Waals surface area contributed by atoms with E-state index in [1.807, 2.05) is 52.1 Å². The summed E-state index contributed by atoms with van der Waals surface area (Å²) in [6, 6.07) is 8.46. The van der Waals surface area contributed by atoms with Crippen LogP contribution in [0.2, 0.25) is 0 Å². The van der Waals surface area contributed by atoms with Crippen LogP contribution in [-0.2, 0) is 25.3 Å². The number of carbonyl (C=O) groups is 1. The lowest BCUT2D eigenvalue weighted by atomic mass is 10.1. The molecule has 4 atom stereocenters. The quantitative estimate of drug-likeness (QED) is 0.188. The number of nitrogens with zero attached hydrogens (tertiary/aromatic N) is 4. The summed E-state index contributed by atoms with van der Waals surface area (Å²) in [5.41, 5.74) is 10.4. The Hall–Kier alpha value is -3.15. The molecule has 1 amide bonds. The first-order valence-corrected chi connectivity index (χ1v) is 12.2. The van der Waals surface area contributed by atoms with Crippen LogP contribution in [-0.4, -0.2) is 43.0 Å². The molecule has 1 aliphatic rings. The number of imidazole rings is 1. The Morgan fingerprint density at radius 1 is 1.29 bits per heavy atom.